The number of carbonyl (C=O) groups is 1. The number of hydrogen-bond donors (Lipinski definition) is 0. The van der Waals surface area contributed by atoms with Crippen molar-refractivity contribution in [1.29, 1.82) is 0 Å². The van der Waals surface area contributed by atoms with Gasteiger partial charge in [0.1, 0.15) is 6.23 Å². The summed E-state index contributed by atoms with van der Waals surface area (Å²) in [5, 5.41) is 0. The van der Waals surface area contributed by atoms with Crippen molar-refractivity contribution in [2.75, 3.05) is 20.3 Å². The predicted octanol–water partition coefficient (Wildman–Crippen LogP) is 1.64. The van der Waals surface area contributed by atoms with Crippen LogP contribution in [0.25, 0.3) is 0 Å². The molecule has 0 fully saturated rings. The molecule has 0 spiro atoms. The lowest BCUT2D eigenvalue weighted by atomic mass is 10.2. The minimum atomic E-state index is -0.186. The van der Waals surface area contributed by atoms with Crippen molar-refractivity contribution in [3.05, 3.63) is 0 Å². The fourth-order valence-corrected chi connectivity index (χ4v) is 1.37. The molecule has 0 aromatic rings. The van der Waals surface area contributed by atoms with E-state index in [9.17, 15) is 4.79 Å². The fourth-order valence-electron chi connectivity index (χ4n) is 1.37. The molecule has 1 amide bonds. The van der Waals surface area contributed by atoms with E-state index < -0.39 is 0 Å². The molecule has 0 aromatic carbocycles. The number of rotatable bonds is 7. The van der Waals surface area contributed by atoms with E-state index in [0.717, 1.165) is 0 Å². The highest BCUT2D eigenvalue weighted by atomic mass is 16.5. The van der Waals surface area contributed by atoms with Gasteiger partial charge in [0.05, 0.1) is 6.10 Å². The van der Waals surface area contributed by atoms with Gasteiger partial charge in [0, 0.05) is 33.6 Å². The molecular formula is C11H23NO3. The van der Waals surface area contributed by atoms with E-state index in [4.69, 9.17) is 9.47 Å². The van der Waals surface area contributed by atoms with Crippen LogP contribution in [0.4, 0.5) is 0 Å². The zero-order valence-electron chi connectivity index (χ0n) is 10.4. The second-order valence-electron chi connectivity index (χ2n) is 3.54. The van der Waals surface area contributed by atoms with E-state index in [1.54, 1.807) is 11.9 Å². The van der Waals surface area contributed by atoms with Crippen molar-refractivity contribution in [2.24, 2.45) is 0 Å². The third kappa shape index (κ3) is 5.74. The molecule has 0 aliphatic rings. The summed E-state index contributed by atoms with van der Waals surface area (Å²) in [4.78, 5) is 12.8. The monoisotopic (exact) mass is 217 g/mol. The first kappa shape index (κ1) is 14.4. The number of nitrogens with zero attached hydrogens (tertiary/aromatic N) is 1. The van der Waals surface area contributed by atoms with Crippen LogP contribution in [-0.2, 0) is 14.3 Å². The minimum Gasteiger partial charge on any atom is -0.379 e. The van der Waals surface area contributed by atoms with Gasteiger partial charge in [0.2, 0.25) is 5.91 Å². The van der Waals surface area contributed by atoms with E-state index in [2.05, 4.69) is 0 Å². The average molecular weight is 217 g/mol. The SMILES string of the molecule is CCOC(C)CC(OCC)N(C)C(C)=O. The zero-order chi connectivity index (χ0) is 11.8. The van der Waals surface area contributed by atoms with Gasteiger partial charge in [-0.25, -0.2) is 0 Å². The van der Waals surface area contributed by atoms with Crippen molar-refractivity contribution in [1.82, 2.24) is 4.90 Å². The van der Waals surface area contributed by atoms with E-state index in [-0.39, 0.29) is 18.2 Å². The van der Waals surface area contributed by atoms with Crippen LogP contribution in [0.5, 0.6) is 0 Å². The summed E-state index contributed by atoms with van der Waals surface area (Å²) in [5.74, 6) is 0.0112. The maximum atomic E-state index is 11.2. The first-order valence-electron chi connectivity index (χ1n) is 5.49. The summed E-state index contributed by atoms with van der Waals surface area (Å²) in [6, 6.07) is 0. The van der Waals surface area contributed by atoms with Crippen molar-refractivity contribution >= 4 is 5.91 Å². The lowest BCUT2D eigenvalue weighted by molar-refractivity contribution is -0.144. The van der Waals surface area contributed by atoms with E-state index in [0.29, 0.717) is 19.6 Å². The molecule has 0 aromatic heterocycles. The summed E-state index contributed by atoms with van der Waals surface area (Å²) in [6.07, 6.45) is 0.625. The highest BCUT2D eigenvalue weighted by molar-refractivity contribution is 5.73. The topological polar surface area (TPSA) is 38.8 Å². The smallest absolute Gasteiger partial charge is 0.221 e. The number of hydrogen-bond acceptors (Lipinski definition) is 3. The Balaban J connectivity index is 4.19. The summed E-state index contributed by atoms with van der Waals surface area (Å²) in [7, 11) is 1.75. The molecule has 90 valence electrons. The average Bonchev–Trinajstić information content (AvgIpc) is 2.16. The van der Waals surface area contributed by atoms with Crippen molar-refractivity contribution in [3.63, 3.8) is 0 Å². The van der Waals surface area contributed by atoms with Crippen molar-refractivity contribution in [3.8, 4) is 0 Å². The number of carbonyl (C=O) groups excluding carboxylic acids is 1. The predicted molar refractivity (Wildman–Crippen MR) is 59.6 cm³/mol. The highest BCUT2D eigenvalue weighted by Gasteiger charge is 2.19. The molecule has 0 radical (unpaired) electrons. The Labute approximate surface area is 92.5 Å². The van der Waals surface area contributed by atoms with Crippen LogP contribution in [0.2, 0.25) is 0 Å². The lowest BCUT2D eigenvalue weighted by Crippen LogP contribution is -2.39. The summed E-state index contributed by atoms with van der Waals surface area (Å²) >= 11 is 0. The van der Waals surface area contributed by atoms with Crippen LogP contribution in [-0.4, -0.2) is 43.4 Å². The Hall–Kier alpha value is -0.610. The first-order chi connectivity index (χ1) is 7.02. The van der Waals surface area contributed by atoms with Gasteiger partial charge in [-0.1, -0.05) is 0 Å². The van der Waals surface area contributed by atoms with E-state index >= 15 is 0 Å². The molecular weight excluding hydrogens is 194 g/mol. The summed E-state index contributed by atoms with van der Waals surface area (Å²) in [5.41, 5.74) is 0. The Bertz CT molecular complexity index is 185. The zero-order valence-corrected chi connectivity index (χ0v) is 10.4. The van der Waals surface area contributed by atoms with Crippen LogP contribution < -0.4 is 0 Å². The Morgan fingerprint density at radius 2 is 1.80 bits per heavy atom. The van der Waals surface area contributed by atoms with Gasteiger partial charge in [-0.3, -0.25) is 4.79 Å². The van der Waals surface area contributed by atoms with Gasteiger partial charge in [0.25, 0.3) is 0 Å². The van der Waals surface area contributed by atoms with E-state index in [1.165, 1.54) is 6.92 Å². The van der Waals surface area contributed by atoms with Crippen molar-refractivity contribution < 1.29 is 14.3 Å². The Morgan fingerprint density at radius 3 is 2.20 bits per heavy atom. The molecule has 0 N–H and O–H groups in total. The van der Waals surface area contributed by atoms with Gasteiger partial charge < -0.3 is 14.4 Å². The van der Waals surface area contributed by atoms with Gasteiger partial charge in [-0.15, -0.1) is 0 Å². The van der Waals surface area contributed by atoms with Gasteiger partial charge in [0.15, 0.2) is 0 Å². The lowest BCUT2D eigenvalue weighted by Gasteiger charge is -2.29. The van der Waals surface area contributed by atoms with Crippen LogP contribution in [0.3, 0.4) is 0 Å². The molecule has 4 heteroatoms. The molecule has 0 aliphatic heterocycles. The molecule has 4 nitrogen and oxygen atoms in total. The van der Waals surface area contributed by atoms with Crippen LogP contribution >= 0.6 is 0 Å². The second-order valence-corrected chi connectivity index (χ2v) is 3.54. The first-order valence-corrected chi connectivity index (χ1v) is 5.49. The third-order valence-electron chi connectivity index (χ3n) is 2.27. The van der Waals surface area contributed by atoms with Crippen LogP contribution in [0.15, 0.2) is 0 Å². The minimum absolute atomic E-state index is 0.0112. The maximum Gasteiger partial charge on any atom is 0.221 e. The molecule has 0 saturated heterocycles. The summed E-state index contributed by atoms with van der Waals surface area (Å²) in [6.45, 7) is 8.69. The Kier molecular flexibility index (Phi) is 7.34. The van der Waals surface area contributed by atoms with Crippen LogP contribution in [0.1, 0.15) is 34.1 Å². The molecule has 2 atom stereocenters. The standard InChI is InChI=1S/C11H23NO3/c1-6-14-9(3)8-11(15-7-2)12(5)10(4)13/h9,11H,6-8H2,1-5H3. The fraction of sp³-hybridized carbons (Fsp3) is 0.909. The largest absolute Gasteiger partial charge is 0.379 e. The molecule has 0 saturated carbocycles. The second kappa shape index (κ2) is 7.65. The molecule has 0 heterocycles. The molecule has 0 rings (SSSR count). The quantitative estimate of drug-likeness (QED) is 0.609. The molecule has 15 heavy (non-hydrogen) atoms. The molecule has 0 aliphatic carbocycles. The van der Waals surface area contributed by atoms with Gasteiger partial charge in [-0.05, 0) is 20.8 Å². The molecule has 0 bridgehead atoms. The van der Waals surface area contributed by atoms with Gasteiger partial charge >= 0.3 is 0 Å². The van der Waals surface area contributed by atoms with Crippen molar-refractivity contribution in [2.45, 2.75) is 46.4 Å². The maximum absolute atomic E-state index is 11.2. The molecule has 2 unspecified atom stereocenters. The number of ether oxygens (including phenoxy) is 2. The van der Waals surface area contributed by atoms with Crippen LogP contribution in [0, 0.1) is 0 Å². The van der Waals surface area contributed by atoms with E-state index in [1.807, 2.05) is 20.8 Å². The Morgan fingerprint density at radius 1 is 1.27 bits per heavy atom. The summed E-state index contributed by atoms with van der Waals surface area (Å²) < 4.78 is 10.9. The normalized spacial score (nSPS) is 14.7. The highest BCUT2D eigenvalue weighted by Crippen LogP contribution is 2.10. The number of amides is 1. The third-order valence-corrected chi connectivity index (χ3v) is 2.27. The van der Waals surface area contributed by atoms with Gasteiger partial charge in [-0.2, -0.15) is 0 Å².